The summed E-state index contributed by atoms with van der Waals surface area (Å²) in [4.78, 5) is 30.5. The van der Waals surface area contributed by atoms with Crippen LogP contribution < -0.4 is 0 Å². The molecule has 0 N–H and O–H groups in total. The maximum Gasteiger partial charge on any atom is 0.253 e. The lowest BCUT2D eigenvalue weighted by Gasteiger charge is -2.35. The van der Waals surface area contributed by atoms with Gasteiger partial charge in [-0.05, 0) is 25.0 Å². The highest BCUT2D eigenvalue weighted by molar-refractivity contribution is 5.94. The highest BCUT2D eigenvalue weighted by Gasteiger charge is 2.25. The Bertz CT molecular complexity index is 518. The lowest BCUT2D eigenvalue weighted by Crippen LogP contribution is -2.51. The third-order valence-corrected chi connectivity index (χ3v) is 4.50. The van der Waals surface area contributed by atoms with E-state index in [4.69, 9.17) is 0 Å². The van der Waals surface area contributed by atoms with Crippen LogP contribution >= 0.6 is 0 Å². The summed E-state index contributed by atoms with van der Waals surface area (Å²) in [6.07, 6.45) is 2.26. The summed E-state index contributed by atoms with van der Waals surface area (Å²) in [5.41, 5.74) is 0.740. The molecule has 3 rings (SSSR count). The number of carbonyl (C=O) groups is 2. The Morgan fingerprint density at radius 2 is 1.45 bits per heavy atom. The first-order valence-corrected chi connectivity index (χ1v) is 8.08. The largest absolute Gasteiger partial charge is 0.342 e. The van der Waals surface area contributed by atoms with E-state index < -0.39 is 0 Å². The van der Waals surface area contributed by atoms with Crippen LogP contribution in [0.4, 0.5) is 0 Å². The molecule has 2 aliphatic heterocycles. The van der Waals surface area contributed by atoms with E-state index in [2.05, 4.69) is 4.90 Å². The fourth-order valence-corrected chi connectivity index (χ4v) is 3.13. The maximum atomic E-state index is 12.4. The zero-order valence-corrected chi connectivity index (χ0v) is 12.9. The van der Waals surface area contributed by atoms with Gasteiger partial charge in [0.05, 0.1) is 6.54 Å². The van der Waals surface area contributed by atoms with Crippen molar-refractivity contribution in [3.63, 3.8) is 0 Å². The van der Waals surface area contributed by atoms with E-state index in [1.54, 1.807) is 0 Å². The van der Waals surface area contributed by atoms with Crippen LogP contribution in [0.25, 0.3) is 0 Å². The van der Waals surface area contributed by atoms with Crippen LogP contribution in [0.2, 0.25) is 0 Å². The predicted molar refractivity (Wildman–Crippen MR) is 84.6 cm³/mol. The molecule has 1 aromatic rings. The quantitative estimate of drug-likeness (QED) is 0.839. The SMILES string of the molecule is O=C(CN1CCN(C(=O)c2ccccc2)CC1)N1CCCC1. The average molecular weight is 301 g/mol. The Balaban J connectivity index is 1.48. The molecule has 118 valence electrons. The molecule has 5 nitrogen and oxygen atoms in total. The minimum atomic E-state index is 0.0890. The summed E-state index contributed by atoms with van der Waals surface area (Å²) >= 11 is 0. The molecular weight excluding hydrogens is 278 g/mol. The summed E-state index contributed by atoms with van der Waals surface area (Å²) in [5, 5.41) is 0. The van der Waals surface area contributed by atoms with E-state index >= 15 is 0 Å². The number of rotatable bonds is 3. The minimum Gasteiger partial charge on any atom is -0.342 e. The van der Waals surface area contributed by atoms with E-state index in [9.17, 15) is 9.59 Å². The zero-order chi connectivity index (χ0) is 15.4. The zero-order valence-electron chi connectivity index (χ0n) is 12.9. The third-order valence-electron chi connectivity index (χ3n) is 4.50. The molecule has 5 heteroatoms. The first kappa shape index (κ1) is 15.0. The van der Waals surface area contributed by atoms with Crippen LogP contribution in [0.3, 0.4) is 0 Å². The second-order valence-electron chi connectivity index (χ2n) is 6.02. The number of nitrogens with zero attached hydrogens (tertiary/aromatic N) is 3. The van der Waals surface area contributed by atoms with Gasteiger partial charge >= 0.3 is 0 Å². The Kier molecular flexibility index (Phi) is 4.73. The van der Waals surface area contributed by atoms with Gasteiger partial charge < -0.3 is 9.80 Å². The van der Waals surface area contributed by atoms with Crippen molar-refractivity contribution in [1.82, 2.24) is 14.7 Å². The molecule has 0 unspecified atom stereocenters. The van der Waals surface area contributed by atoms with Crippen molar-refractivity contribution in [1.29, 1.82) is 0 Å². The minimum absolute atomic E-state index is 0.0890. The number of hydrogen-bond donors (Lipinski definition) is 0. The van der Waals surface area contributed by atoms with E-state index in [1.807, 2.05) is 40.1 Å². The van der Waals surface area contributed by atoms with Crippen LogP contribution in [0, 0.1) is 0 Å². The molecule has 0 bridgehead atoms. The molecule has 0 spiro atoms. The second kappa shape index (κ2) is 6.92. The van der Waals surface area contributed by atoms with Crippen LogP contribution in [0.5, 0.6) is 0 Å². The maximum absolute atomic E-state index is 12.4. The molecule has 0 aliphatic carbocycles. The van der Waals surface area contributed by atoms with Gasteiger partial charge in [-0.1, -0.05) is 18.2 Å². The fourth-order valence-electron chi connectivity index (χ4n) is 3.13. The van der Waals surface area contributed by atoms with Gasteiger partial charge in [-0.15, -0.1) is 0 Å². The summed E-state index contributed by atoms with van der Waals surface area (Å²) in [6.45, 7) is 5.25. The summed E-state index contributed by atoms with van der Waals surface area (Å²) < 4.78 is 0. The molecule has 0 atom stereocenters. The highest BCUT2D eigenvalue weighted by atomic mass is 16.2. The number of hydrogen-bond acceptors (Lipinski definition) is 3. The van der Waals surface area contributed by atoms with E-state index in [0.717, 1.165) is 44.6 Å². The topological polar surface area (TPSA) is 43.9 Å². The van der Waals surface area contributed by atoms with Crippen molar-refractivity contribution in [3.05, 3.63) is 35.9 Å². The van der Waals surface area contributed by atoms with Gasteiger partial charge in [-0.2, -0.15) is 0 Å². The number of carbonyl (C=O) groups excluding carboxylic acids is 2. The van der Waals surface area contributed by atoms with Gasteiger partial charge in [0.15, 0.2) is 0 Å². The number of likely N-dealkylation sites (tertiary alicyclic amines) is 1. The molecule has 2 saturated heterocycles. The fraction of sp³-hybridized carbons (Fsp3) is 0.529. The first-order valence-electron chi connectivity index (χ1n) is 8.08. The van der Waals surface area contributed by atoms with E-state index in [1.165, 1.54) is 0 Å². The van der Waals surface area contributed by atoms with Crippen molar-refractivity contribution in [2.24, 2.45) is 0 Å². The Morgan fingerprint density at radius 1 is 0.818 bits per heavy atom. The van der Waals surface area contributed by atoms with Gasteiger partial charge in [0.2, 0.25) is 5.91 Å². The molecule has 0 saturated carbocycles. The van der Waals surface area contributed by atoms with Crippen molar-refractivity contribution in [3.8, 4) is 0 Å². The van der Waals surface area contributed by atoms with Crippen LogP contribution in [0.1, 0.15) is 23.2 Å². The van der Waals surface area contributed by atoms with Crippen molar-refractivity contribution in [2.75, 3.05) is 45.8 Å². The van der Waals surface area contributed by atoms with E-state index in [-0.39, 0.29) is 11.8 Å². The molecule has 22 heavy (non-hydrogen) atoms. The first-order chi connectivity index (χ1) is 10.7. The standard InChI is InChI=1S/C17H23N3O2/c21-16(19-8-4-5-9-19)14-18-10-12-20(13-11-18)17(22)15-6-2-1-3-7-15/h1-3,6-7H,4-5,8-14H2. The number of amides is 2. The van der Waals surface area contributed by atoms with Crippen molar-refractivity contribution < 1.29 is 9.59 Å². The Labute approximate surface area is 131 Å². The third kappa shape index (κ3) is 3.47. The molecule has 2 amide bonds. The molecule has 0 radical (unpaired) electrons. The van der Waals surface area contributed by atoms with Crippen molar-refractivity contribution in [2.45, 2.75) is 12.8 Å². The van der Waals surface area contributed by atoms with Crippen LogP contribution in [-0.4, -0.2) is 72.3 Å². The molecule has 2 fully saturated rings. The molecular formula is C17H23N3O2. The normalized spacial score (nSPS) is 19.5. The summed E-state index contributed by atoms with van der Waals surface area (Å²) in [5.74, 6) is 0.325. The van der Waals surface area contributed by atoms with Gasteiger partial charge in [0, 0.05) is 44.8 Å². The Morgan fingerprint density at radius 3 is 2.09 bits per heavy atom. The van der Waals surface area contributed by atoms with Gasteiger partial charge in [0.1, 0.15) is 0 Å². The lowest BCUT2D eigenvalue weighted by molar-refractivity contribution is -0.131. The van der Waals surface area contributed by atoms with Crippen LogP contribution in [0.15, 0.2) is 30.3 Å². The Hall–Kier alpha value is -1.88. The predicted octanol–water partition coefficient (Wildman–Crippen LogP) is 1.07. The molecule has 2 heterocycles. The average Bonchev–Trinajstić information content (AvgIpc) is 3.10. The van der Waals surface area contributed by atoms with Gasteiger partial charge in [0.25, 0.3) is 5.91 Å². The van der Waals surface area contributed by atoms with Crippen molar-refractivity contribution >= 4 is 11.8 Å². The number of piperazine rings is 1. The summed E-state index contributed by atoms with van der Waals surface area (Å²) in [7, 11) is 0. The van der Waals surface area contributed by atoms with Gasteiger partial charge in [-0.25, -0.2) is 0 Å². The lowest BCUT2D eigenvalue weighted by atomic mass is 10.2. The van der Waals surface area contributed by atoms with Gasteiger partial charge in [-0.3, -0.25) is 14.5 Å². The molecule has 1 aromatic carbocycles. The molecule has 0 aromatic heterocycles. The molecule has 2 aliphatic rings. The highest BCUT2D eigenvalue weighted by Crippen LogP contribution is 2.11. The van der Waals surface area contributed by atoms with Crippen LogP contribution in [-0.2, 0) is 4.79 Å². The summed E-state index contributed by atoms with van der Waals surface area (Å²) in [6, 6.07) is 9.40. The van der Waals surface area contributed by atoms with E-state index in [0.29, 0.717) is 19.6 Å². The number of benzene rings is 1. The monoisotopic (exact) mass is 301 g/mol. The smallest absolute Gasteiger partial charge is 0.253 e. The second-order valence-corrected chi connectivity index (χ2v) is 6.02.